The van der Waals surface area contributed by atoms with Crippen molar-refractivity contribution < 1.29 is 14.6 Å². The molecule has 0 spiro atoms. The van der Waals surface area contributed by atoms with Gasteiger partial charge in [0.25, 0.3) is 5.76 Å². The minimum atomic E-state index is 0.174. The van der Waals surface area contributed by atoms with Gasteiger partial charge in [-0.2, -0.15) is 0 Å². The molecule has 0 saturated carbocycles. The van der Waals surface area contributed by atoms with E-state index in [1.54, 1.807) is 0 Å². The molecule has 3 aliphatic rings. The zero-order valence-electron chi connectivity index (χ0n) is 16.1. The van der Waals surface area contributed by atoms with E-state index in [1.165, 1.54) is 17.4 Å². The van der Waals surface area contributed by atoms with Crippen molar-refractivity contribution in [2.45, 2.75) is 33.6 Å². The summed E-state index contributed by atoms with van der Waals surface area (Å²) in [7, 11) is 0. The fourth-order valence-electron chi connectivity index (χ4n) is 3.85. The number of aliphatic hydroxyl groups excluding tert-OH is 1. The fourth-order valence-corrected chi connectivity index (χ4v) is 3.85. The summed E-state index contributed by atoms with van der Waals surface area (Å²) in [5.41, 5.74) is 1.37. The lowest BCUT2D eigenvalue weighted by Gasteiger charge is -2.31. The van der Waals surface area contributed by atoms with Crippen LogP contribution in [0.1, 0.15) is 33.6 Å². The van der Waals surface area contributed by atoms with E-state index in [0.717, 1.165) is 78.5 Å². The van der Waals surface area contributed by atoms with Crippen LogP contribution < -0.4 is 0 Å². The molecule has 140 valence electrons. The predicted octanol–water partition coefficient (Wildman–Crippen LogP) is 2.45. The summed E-state index contributed by atoms with van der Waals surface area (Å²) in [6.07, 6.45) is 1.86. The highest BCUT2D eigenvalue weighted by atomic mass is 16.5. The van der Waals surface area contributed by atoms with Gasteiger partial charge in [0.05, 0.1) is 39.5 Å². The molecule has 0 amide bonds. The van der Waals surface area contributed by atoms with Gasteiger partial charge in [-0.1, -0.05) is 0 Å². The van der Waals surface area contributed by atoms with Crippen LogP contribution in [0, 0.1) is 17.3 Å². The molecule has 2 saturated heterocycles. The molecule has 0 aromatic heterocycles. The van der Waals surface area contributed by atoms with Crippen LogP contribution >= 0.6 is 0 Å². The average molecular weight is 351 g/mol. The van der Waals surface area contributed by atoms with Crippen LogP contribution in [0.15, 0.2) is 11.3 Å². The molecular formula is C20H34N2O3+2. The highest BCUT2D eigenvalue weighted by Crippen LogP contribution is 2.45. The van der Waals surface area contributed by atoms with Crippen molar-refractivity contribution in [3.8, 4) is 0 Å². The molecule has 5 heteroatoms. The van der Waals surface area contributed by atoms with Crippen LogP contribution in [0.2, 0.25) is 0 Å². The highest BCUT2D eigenvalue weighted by molar-refractivity contribution is 5.37. The van der Waals surface area contributed by atoms with Gasteiger partial charge in [0.2, 0.25) is 0 Å². The molecule has 0 unspecified atom stereocenters. The number of hydrogen-bond donors (Lipinski definition) is 1. The van der Waals surface area contributed by atoms with E-state index in [9.17, 15) is 5.11 Å². The average Bonchev–Trinajstić information content (AvgIpc) is 2.59. The third-order valence-electron chi connectivity index (χ3n) is 5.62. The predicted molar refractivity (Wildman–Crippen MR) is 99.3 cm³/mol. The number of nitrogens with zero attached hydrogens (tertiary/aromatic N) is 2. The lowest BCUT2D eigenvalue weighted by molar-refractivity contribution is 0.0375. The fraction of sp³-hybridized carbons (Fsp3) is 0.800. The maximum Gasteiger partial charge on any atom is 0.291 e. The lowest BCUT2D eigenvalue weighted by Crippen LogP contribution is -2.42. The molecular weight excluding hydrogens is 316 g/mol. The van der Waals surface area contributed by atoms with Gasteiger partial charge in [-0.25, -0.2) is 0 Å². The van der Waals surface area contributed by atoms with Crippen LogP contribution in [-0.2, 0) is 9.47 Å². The molecule has 1 aliphatic carbocycles. The molecule has 2 aliphatic heterocycles. The number of morpholine rings is 2. The van der Waals surface area contributed by atoms with Crippen LogP contribution in [0.3, 0.4) is 0 Å². The summed E-state index contributed by atoms with van der Waals surface area (Å²) < 4.78 is 10.9. The Balaban J connectivity index is 1.72. The second kappa shape index (κ2) is 8.21. The van der Waals surface area contributed by atoms with Crippen molar-refractivity contribution in [2.75, 3.05) is 65.7 Å². The molecule has 25 heavy (non-hydrogen) atoms. The first-order valence-corrected chi connectivity index (χ1v) is 9.65. The van der Waals surface area contributed by atoms with Gasteiger partial charge >= 0.3 is 0 Å². The Kier molecular flexibility index (Phi) is 6.21. The first-order chi connectivity index (χ1) is 11.9. The van der Waals surface area contributed by atoms with Crippen LogP contribution in [0.4, 0.5) is 0 Å². The maximum absolute atomic E-state index is 11.0. The Morgan fingerprint density at radius 1 is 0.960 bits per heavy atom. The van der Waals surface area contributed by atoms with E-state index in [1.807, 2.05) is 0 Å². The Bertz CT molecular complexity index is 460. The summed E-state index contributed by atoms with van der Waals surface area (Å²) in [6.45, 7) is 15.6. The van der Waals surface area contributed by atoms with Gasteiger partial charge in [-0.05, 0) is 20.8 Å². The summed E-state index contributed by atoms with van der Waals surface area (Å²) in [5.74, 6) is 3.31. The minimum Gasteiger partial charge on any atom is -0.477 e. The highest BCUT2D eigenvalue weighted by Gasteiger charge is 2.51. The third kappa shape index (κ3) is 5.07. The van der Waals surface area contributed by atoms with Crippen molar-refractivity contribution in [3.05, 3.63) is 23.2 Å². The molecule has 0 aromatic carbocycles. The summed E-state index contributed by atoms with van der Waals surface area (Å²) in [5, 5.41) is 11.0. The van der Waals surface area contributed by atoms with Crippen LogP contribution in [-0.4, -0.2) is 80.6 Å². The summed E-state index contributed by atoms with van der Waals surface area (Å²) in [4.78, 5) is 4.82. The summed E-state index contributed by atoms with van der Waals surface area (Å²) in [6, 6.07) is 0. The lowest BCUT2D eigenvalue weighted by atomic mass is 9.68. The SMILES string of the molecule is CC(C)(C)[C+]1CC(CN2CCOCC2)=C(O)[C+](CN2CCOCC2)C1. The quantitative estimate of drug-likeness (QED) is 0.789. The number of rotatable bonds is 4. The van der Waals surface area contributed by atoms with Gasteiger partial charge < -0.3 is 14.6 Å². The minimum absolute atomic E-state index is 0.174. The van der Waals surface area contributed by atoms with Gasteiger partial charge in [-0.3, -0.25) is 9.80 Å². The zero-order chi connectivity index (χ0) is 17.9. The van der Waals surface area contributed by atoms with E-state index in [4.69, 9.17) is 9.47 Å². The molecule has 3 rings (SSSR count). The van der Waals surface area contributed by atoms with Gasteiger partial charge in [-0.15, -0.1) is 0 Å². The molecule has 2 fully saturated rings. The van der Waals surface area contributed by atoms with Crippen molar-refractivity contribution in [1.82, 2.24) is 9.80 Å². The van der Waals surface area contributed by atoms with Gasteiger partial charge in [0.15, 0.2) is 24.3 Å². The smallest absolute Gasteiger partial charge is 0.291 e. The maximum atomic E-state index is 11.0. The van der Waals surface area contributed by atoms with Gasteiger partial charge in [0, 0.05) is 26.2 Å². The normalized spacial score (nSPS) is 24.9. The second-order valence-electron chi connectivity index (χ2n) is 8.54. The Morgan fingerprint density at radius 2 is 1.52 bits per heavy atom. The van der Waals surface area contributed by atoms with E-state index in [0.29, 0.717) is 5.76 Å². The summed E-state index contributed by atoms with van der Waals surface area (Å²) >= 11 is 0. The molecule has 0 aromatic rings. The first kappa shape index (κ1) is 18.9. The topological polar surface area (TPSA) is 45.2 Å². The third-order valence-corrected chi connectivity index (χ3v) is 5.62. The first-order valence-electron chi connectivity index (χ1n) is 9.65. The number of hydrogen-bond acceptors (Lipinski definition) is 5. The van der Waals surface area contributed by atoms with Crippen molar-refractivity contribution >= 4 is 0 Å². The molecule has 5 nitrogen and oxygen atoms in total. The molecule has 0 bridgehead atoms. The standard InChI is InChI=1S/C20H33N2O3/c1-20(2,3)18-12-16(14-21-4-8-24-9-5-21)19(23)17(13-18)15-22-6-10-25-11-7-22/h4-15H2,1-3H3/q+1/p+1. The zero-order valence-corrected chi connectivity index (χ0v) is 16.1. The van der Waals surface area contributed by atoms with Crippen LogP contribution in [0.25, 0.3) is 0 Å². The molecule has 1 N–H and O–H groups in total. The Hall–Kier alpha value is -0.880. The largest absolute Gasteiger partial charge is 0.477 e. The van der Waals surface area contributed by atoms with Crippen molar-refractivity contribution in [3.63, 3.8) is 0 Å². The second-order valence-corrected chi connectivity index (χ2v) is 8.54. The molecule has 0 atom stereocenters. The Labute approximate surface area is 153 Å². The van der Waals surface area contributed by atoms with E-state index >= 15 is 0 Å². The molecule has 0 radical (unpaired) electrons. The monoisotopic (exact) mass is 350 g/mol. The number of ether oxygens (including phenoxy) is 2. The van der Waals surface area contributed by atoms with E-state index in [2.05, 4.69) is 30.6 Å². The van der Waals surface area contributed by atoms with Crippen molar-refractivity contribution in [2.24, 2.45) is 5.41 Å². The van der Waals surface area contributed by atoms with Crippen molar-refractivity contribution in [1.29, 1.82) is 0 Å². The van der Waals surface area contributed by atoms with Gasteiger partial charge in [0.1, 0.15) is 11.3 Å². The van der Waals surface area contributed by atoms with Crippen LogP contribution in [0.5, 0.6) is 0 Å². The number of aliphatic hydroxyl groups is 1. The molecule has 2 heterocycles. The van der Waals surface area contributed by atoms with E-state index < -0.39 is 0 Å². The Morgan fingerprint density at radius 3 is 2.08 bits per heavy atom. The van der Waals surface area contributed by atoms with E-state index in [-0.39, 0.29) is 5.41 Å².